The molecule has 2 aromatic heterocycles. The van der Waals surface area contributed by atoms with Crippen LogP contribution in [0, 0.1) is 0 Å². The number of para-hydroxylation sites is 1. The molecule has 0 aliphatic carbocycles. The highest BCUT2D eigenvalue weighted by Gasteiger charge is 2.36. The summed E-state index contributed by atoms with van der Waals surface area (Å²) in [5.41, 5.74) is -0.838. The fourth-order valence-electron chi connectivity index (χ4n) is 2.11. The first-order valence-corrected chi connectivity index (χ1v) is 8.52. The van der Waals surface area contributed by atoms with Gasteiger partial charge in [-0.05, 0) is 25.1 Å². The molecule has 134 valence electrons. The number of nitrogens with zero attached hydrogens (tertiary/aromatic N) is 1. The number of thiazole rings is 1. The Labute approximate surface area is 153 Å². The molecule has 7 nitrogen and oxygen atoms in total. The molecule has 0 fully saturated rings. The van der Waals surface area contributed by atoms with Crippen molar-refractivity contribution in [1.82, 2.24) is 10.3 Å². The highest BCUT2D eigenvalue weighted by atomic mass is 32.1. The molecule has 0 saturated carbocycles. The number of aliphatic carboxylic acids is 1. The highest BCUT2D eigenvalue weighted by molar-refractivity contribution is 7.16. The van der Waals surface area contributed by atoms with Gasteiger partial charge in [0.1, 0.15) is 28.5 Å². The number of ether oxygens (including phenoxy) is 1. The van der Waals surface area contributed by atoms with Crippen LogP contribution in [0.4, 0.5) is 0 Å². The van der Waals surface area contributed by atoms with E-state index in [4.69, 9.17) is 9.15 Å². The van der Waals surface area contributed by atoms with Crippen molar-refractivity contribution in [1.29, 1.82) is 0 Å². The minimum absolute atomic E-state index is 0.217. The molecule has 2 heterocycles. The minimum atomic E-state index is -1.59. The normalized spacial score (nSPS) is 13.0. The molecule has 2 N–H and O–H groups in total. The summed E-state index contributed by atoms with van der Waals surface area (Å²) in [7, 11) is 0. The van der Waals surface area contributed by atoms with Crippen LogP contribution in [0.15, 0.2) is 59.5 Å². The maximum atomic E-state index is 12.5. The third-order valence-electron chi connectivity index (χ3n) is 3.63. The van der Waals surface area contributed by atoms with Crippen molar-refractivity contribution in [2.75, 3.05) is 6.61 Å². The van der Waals surface area contributed by atoms with Crippen LogP contribution >= 0.6 is 11.3 Å². The maximum absolute atomic E-state index is 12.5. The fraction of sp³-hybridized carbons (Fsp3) is 0.167. The summed E-state index contributed by atoms with van der Waals surface area (Å²) in [6.45, 7) is 1.18. The van der Waals surface area contributed by atoms with Gasteiger partial charge in [0.05, 0.1) is 12.5 Å². The van der Waals surface area contributed by atoms with Crippen molar-refractivity contribution in [2.45, 2.75) is 12.5 Å². The third kappa shape index (κ3) is 3.92. The Morgan fingerprint density at radius 1 is 1.31 bits per heavy atom. The number of rotatable bonds is 7. The van der Waals surface area contributed by atoms with Gasteiger partial charge in [-0.1, -0.05) is 18.2 Å². The average Bonchev–Trinajstić information content (AvgIpc) is 3.32. The largest absolute Gasteiger partial charge is 0.491 e. The Morgan fingerprint density at radius 3 is 2.73 bits per heavy atom. The molecular weight excluding hydrogens is 356 g/mol. The predicted molar refractivity (Wildman–Crippen MR) is 95.3 cm³/mol. The topological polar surface area (TPSA) is 102 Å². The van der Waals surface area contributed by atoms with Gasteiger partial charge in [0.15, 0.2) is 5.54 Å². The maximum Gasteiger partial charge on any atom is 0.332 e. The van der Waals surface area contributed by atoms with E-state index in [2.05, 4.69) is 10.3 Å². The molecule has 26 heavy (non-hydrogen) atoms. The lowest BCUT2D eigenvalue weighted by molar-refractivity contribution is -0.145. The molecule has 0 aliphatic heterocycles. The molecular formula is C18H16N2O5S. The number of hydrogen-bond acceptors (Lipinski definition) is 6. The lowest BCUT2D eigenvalue weighted by Gasteiger charge is -2.25. The Kier molecular flexibility index (Phi) is 5.04. The Bertz CT molecular complexity index is 891. The molecule has 0 aliphatic rings. The molecule has 1 amide bonds. The number of carboxylic acid groups (broad SMARTS) is 1. The zero-order chi connectivity index (χ0) is 18.6. The first-order valence-electron chi connectivity index (χ1n) is 7.70. The van der Waals surface area contributed by atoms with Crippen LogP contribution in [-0.4, -0.2) is 34.1 Å². The standard InChI is InChI=1S/C18H16N2O5S/c1-18(17(22)23,11-25-13-5-3-2-4-6-13)20-15(21)14-9-19-16(26-14)12-7-8-24-10-12/h2-10H,11H2,1H3,(H,20,21)(H,22,23)/t18-/m1/s1. The summed E-state index contributed by atoms with van der Waals surface area (Å²) in [5.74, 6) is -1.20. The van der Waals surface area contributed by atoms with Gasteiger partial charge >= 0.3 is 5.97 Å². The van der Waals surface area contributed by atoms with Crippen molar-refractivity contribution in [3.05, 3.63) is 60.0 Å². The zero-order valence-electron chi connectivity index (χ0n) is 13.8. The van der Waals surface area contributed by atoms with E-state index < -0.39 is 17.4 Å². The molecule has 3 aromatic rings. The summed E-state index contributed by atoms with van der Waals surface area (Å²) in [5, 5.41) is 12.7. The van der Waals surface area contributed by atoms with Gasteiger partial charge in [-0.25, -0.2) is 9.78 Å². The molecule has 0 spiro atoms. The Hall–Kier alpha value is -3.13. The van der Waals surface area contributed by atoms with Gasteiger partial charge in [0.2, 0.25) is 0 Å². The summed E-state index contributed by atoms with van der Waals surface area (Å²) in [6, 6.07) is 10.5. The van der Waals surface area contributed by atoms with E-state index >= 15 is 0 Å². The first kappa shape index (κ1) is 17.7. The summed E-state index contributed by atoms with van der Waals surface area (Å²) < 4.78 is 10.5. The number of furan rings is 1. The molecule has 1 aromatic carbocycles. The Balaban J connectivity index is 1.71. The second-order valence-electron chi connectivity index (χ2n) is 5.73. The van der Waals surface area contributed by atoms with Crippen molar-refractivity contribution in [3.63, 3.8) is 0 Å². The SMILES string of the molecule is C[C@](COc1ccccc1)(NC(=O)c1cnc(-c2ccoc2)s1)C(=O)O. The molecule has 0 saturated heterocycles. The van der Waals surface area contributed by atoms with Gasteiger partial charge < -0.3 is 19.6 Å². The minimum Gasteiger partial charge on any atom is -0.491 e. The number of benzene rings is 1. The monoisotopic (exact) mass is 372 g/mol. The van der Waals surface area contributed by atoms with Crippen LogP contribution < -0.4 is 10.1 Å². The smallest absolute Gasteiger partial charge is 0.332 e. The molecule has 8 heteroatoms. The number of hydrogen-bond donors (Lipinski definition) is 2. The third-order valence-corrected chi connectivity index (χ3v) is 4.67. The zero-order valence-corrected chi connectivity index (χ0v) is 14.7. The van der Waals surface area contributed by atoms with Crippen LogP contribution in [0.1, 0.15) is 16.6 Å². The highest BCUT2D eigenvalue weighted by Crippen LogP contribution is 2.25. The fourth-order valence-corrected chi connectivity index (χ4v) is 2.90. The second kappa shape index (κ2) is 7.40. The summed E-state index contributed by atoms with van der Waals surface area (Å²) >= 11 is 1.15. The van der Waals surface area contributed by atoms with E-state index in [9.17, 15) is 14.7 Å². The number of carboxylic acids is 1. The second-order valence-corrected chi connectivity index (χ2v) is 6.77. The number of aromatic nitrogens is 1. The van der Waals surface area contributed by atoms with E-state index in [0.29, 0.717) is 15.6 Å². The predicted octanol–water partition coefficient (Wildman–Crippen LogP) is 3.06. The van der Waals surface area contributed by atoms with Crippen molar-refractivity contribution < 1.29 is 23.8 Å². The van der Waals surface area contributed by atoms with Gasteiger partial charge in [-0.2, -0.15) is 0 Å². The van der Waals surface area contributed by atoms with Crippen LogP contribution in [0.2, 0.25) is 0 Å². The summed E-state index contributed by atoms with van der Waals surface area (Å²) in [6.07, 6.45) is 4.44. The van der Waals surface area contributed by atoms with E-state index in [1.165, 1.54) is 25.6 Å². The van der Waals surface area contributed by atoms with Crippen LogP contribution in [-0.2, 0) is 4.79 Å². The van der Waals surface area contributed by atoms with E-state index in [-0.39, 0.29) is 6.61 Å². The number of nitrogens with one attached hydrogen (secondary N) is 1. The molecule has 0 bridgehead atoms. The first-order chi connectivity index (χ1) is 12.5. The van der Waals surface area contributed by atoms with Crippen LogP contribution in [0.3, 0.4) is 0 Å². The van der Waals surface area contributed by atoms with E-state index in [1.54, 1.807) is 30.3 Å². The average molecular weight is 372 g/mol. The van der Waals surface area contributed by atoms with E-state index in [0.717, 1.165) is 16.9 Å². The number of carbonyl (C=O) groups is 2. The van der Waals surface area contributed by atoms with Crippen molar-refractivity contribution in [3.8, 4) is 16.3 Å². The van der Waals surface area contributed by atoms with Crippen molar-refractivity contribution in [2.24, 2.45) is 0 Å². The Morgan fingerprint density at radius 2 is 2.08 bits per heavy atom. The number of amides is 1. The van der Waals surface area contributed by atoms with Gasteiger partial charge in [-0.3, -0.25) is 4.79 Å². The lowest BCUT2D eigenvalue weighted by Crippen LogP contribution is -2.56. The van der Waals surface area contributed by atoms with Gasteiger partial charge in [-0.15, -0.1) is 11.3 Å². The number of carbonyl (C=O) groups excluding carboxylic acids is 1. The molecule has 1 atom stereocenters. The van der Waals surface area contributed by atoms with Crippen LogP contribution in [0.5, 0.6) is 5.75 Å². The summed E-state index contributed by atoms with van der Waals surface area (Å²) in [4.78, 5) is 28.6. The lowest BCUT2D eigenvalue weighted by atomic mass is 10.0. The van der Waals surface area contributed by atoms with Gasteiger partial charge in [0.25, 0.3) is 5.91 Å². The molecule has 0 unspecified atom stereocenters. The van der Waals surface area contributed by atoms with Crippen LogP contribution in [0.25, 0.3) is 10.6 Å². The molecule has 3 rings (SSSR count). The molecule has 0 radical (unpaired) electrons. The quantitative estimate of drug-likeness (QED) is 0.661. The van der Waals surface area contributed by atoms with Crippen molar-refractivity contribution >= 4 is 23.2 Å². The van der Waals surface area contributed by atoms with Gasteiger partial charge in [0, 0.05) is 5.56 Å². The van der Waals surface area contributed by atoms with E-state index in [1.807, 2.05) is 6.07 Å².